The summed E-state index contributed by atoms with van der Waals surface area (Å²) in [6.07, 6.45) is 6.61. The van der Waals surface area contributed by atoms with Gasteiger partial charge in [-0.3, -0.25) is 9.59 Å². The lowest BCUT2D eigenvalue weighted by Gasteiger charge is -2.29. The molecule has 1 fully saturated rings. The molecule has 1 aliphatic carbocycles. The van der Waals surface area contributed by atoms with Gasteiger partial charge in [0.1, 0.15) is 0 Å². The van der Waals surface area contributed by atoms with Crippen LogP contribution in [0.4, 0.5) is 5.69 Å². The van der Waals surface area contributed by atoms with Crippen LogP contribution in [0.3, 0.4) is 0 Å². The lowest BCUT2D eigenvalue weighted by molar-refractivity contribution is 0.0950. The quantitative estimate of drug-likeness (QED) is 0.799. The number of rotatable bonds is 6. The van der Waals surface area contributed by atoms with Crippen molar-refractivity contribution in [2.24, 2.45) is 0 Å². The molecule has 0 spiro atoms. The lowest BCUT2D eigenvalue weighted by Crippen LogP contribution is -2.31. The van der Waals surface area contributed by atoms with E-state index in [9.17, 15) is 9.59 Å². The standard InChI is InChI=1S/C23H29N3O2/c1-5-18-19(11-8-12-21(18)26(4)17-9-6-7-10-17)22(27)24-14-20-15(2)13-16(3)25-23(20)28/h5,8,11-13,17H,1,6-7,9-10,14H2,2-4H3,(H,24,27)(H,25,28). The Labute approximate surface area is 166 Å². The van der Waals surface area contributed by atoms with Gasteiger partial charge in [-0.25, -0.2) is 0 Å². The molecule has 5 heteroatoms. The fraction of sp³-hybridized carbons (Fsp3) is 0.391. The highest BCUT2D eigenvalue weighted by Crippen LogP contribution is 2.31. The molecule has 28 heavy (non-hydrogen) atoms. The van der Waals surface area contributed by atoms with Crippen molar-refractivity contribution < 1.29 is 4.79 Å². The van der Waals surface area contributed by atoms with E-state index in [4.69, 9.17) is 0 Å². The third-order valence-electron chi connectivity index (χ3n) is 5.70. The van der Waals surface area contributed by atoms with Crippen molar-refractivity contribution in [3.63, 3.8) is 0 Å². The van der Waals surface area contributed by atoms with E-state index in [2.05, 4.69) is 28.8 Å². The number of hydrogen-bond acceptors (Lipinski definition) is 3. The zero-order chi connectivity index (χ0) is 20.3. The molecule has 148 valence electrons. The van der Waals surface area contributed by atoms with Crippen LogP contribution < -0.4 is 15.8 Å². The Morgan fingerprint density at radius 1 is 1.32 bits per heavy atom. The number of carbonyl (C=O) groups excluding carboxylic acids is 1. The van der Waals surface area contributed by atoms with E-state index in [1.807, 2.05) is 38.1 Å². The molecule has 1 aromatic heterocycles. The first-order chi connectivity index (χ1) is 13.4. The second-order valence-corrected chi connectivity index (χ2v) is 7.62. The van der Waals surface area contributed by atoms with Crippen LogP contribution in [0.2, 0.25) is 0 Å². The van der Waals surface area contributed by atoms with Crippen LogP contribution in [-0.4, -0.2) is 24.0 Å². The number of hydrogen-bond donors (Lipinski definition) is 2. The minimum Gasteiger partial charge on any atom is -0.371 e. The van der Waals surface area contributed by atoms with E-state index in [0.29, 0.717) is 17.2 Å². The maximum atomic E-state index is 12.9. The lowest BCUT2D eigenvalue weighted by atomic mass is 10.0. The van der Waals surface area contributed by atoms with Gasteiger partial charge in [-0.1, -0.05) is 31.6 Å². The largest absolute Gasteiger partial charge is 0.371 e. The van der Waals surface area contributed by atoms with E-state index in [1.165, 1.54) is 25.7 Å². The zero-order valence-electron chi connectivity index (χ0n) is 17.0. The Morgan fingerprint density at radius 2 is 2.04 bits per heavy atom. The van der Waals surface area contributed by atoms with E-state index in [-0.39, 0.29) is 18.0 Å². The number of aromatic amines is 1. The van der Waals surface area contributed by atoms with Crippen LogP contribution in [-0.2, 0) is 6.54 Å². The molecule has 0 radical (unpaired) electrons. The second-order valence-electron chi connectivity index (χ2n) is 7.62. The summed E-state index contributed by atoms with van der Waals surface area (Å²) in [5, 5.41) is 2.90. The van der Waals surface area contributed by atoms with Crippen molar-refractivity contribution in [1.82, 2.24) is 10.3 Å². The van der Waals surface area contributed by atoms with Crippen molar-refractivity contribution >= 4 is 17.7 Å². The summed E-state index contributed by atoms with van der Waals surface area (Å²) in [6.45, 7) is 7.86. The molecule has 0 aliphatic heterocycles. The molecule has 3 rings (SSSR count). The van der Waals surface area contributed by atoms with Gasteiger partial charge >= 0.3 is 0 Å². The number of aryl methyl sites for hydroxylation is 2. The van der Waals surface area contributed by atoms with Crippen molar-refractivity contribution in [3.05, 3.63) is 69.1 Å². The van der Waals surface area contributed by atoms with Crippen molar-refractivity contribution in [2.45, 2.75) is 52.1 Å². The number of amides is 1. The van der Waals surface area contributed by atoms with Gasteiger partial charge in [0.2, 0.25) is 0 Å². The molecule has 0 bridgehead atoms. The fourth-order valence-electron chi connectivity index (χ4n) is 4.13. The molecule has 2 N–H and O–H groups in total. The summed E-state index contributed by atoms with van der Waals surface area (Å²) >= 11 is 0. The fourth-order valence-corrected chi connectivity index (χ4v) is 4.13. The predicted octanol–water partition coefficient (Wildman–Crippen LogP) is 3.94. The summed E-state index contributed by atoms with van der Waals surface area (Å²) in [5.41, 5.74) is 4.56. The smallest absolute Gasteiger partial charge is 0.253 e. The summed E-state index contributed by atoms with van der Waals surface area (Å²) in [5.74, 6) is -0.198. The van der Waals surface area contributed by atoms with E-state index in [0.717, 1.165) is 22.5 Å². The summed E-state index contributed by atoms with van der Waals surface area (Å²) in [6, 6.07) is 8.18. The van der Waals surface area contributed by atoms with Crippen molar-refractivity contribution in [2.75, 3.05) is 11.9 Å². The normalized spacial score (nSPS) is 14.1. The topological polar surface area (TPSA) is 65.2 Å². The Hall–Kier alpha value is -2.82. The van der Waals surface area contributed by atoms with Gasteiger partial charge in [-0.05, 0) is 50.5 Å². The SMILES string of the molecule is C=Cc1c(C(=O)NCc2c(C)cc(C)[nH]c2=O)cccc1N(C)C1CCCC1. The average molecular weight is 380 g/mol. The van der Waals surface area contributed by atoms with Crippen molar-refractivity contribution in [3.8, 4) is 0 Å². The van der Waals surface area contributed by atoms with Crippen LogP contribution >= 0.6 is 0 Å². The average Bonchev–Trinajstić information content (AvgIpc) is 3.20. The highest BCUT2D eigenvalue weighted by atomic mass is 16.1. The Balaban J connectivity index is 1.83. The first kappa shape index (κ1) is 19.9. The number of H-pyrrole nitrogens is 1. The zero-order valence-corrected chi connectivity index (χ0v) is 17.0. The molecule has 1 saturated carbocycles. The second kappa shape index (κ2) is 8.46. The molecule has 1 aliphatic rings. The molecule has 0 atom stereocenters. The minimum absolute atomic E-state index is 0.156. The van der Waals surface area contributed by atoms with Gasteiger partial charge in [0.15, 0.2) is 0 Å². The number of benzene rings is 1. The Morgan fingerprint density at radius 3 is 2.68 bits per heavy atom. The van der Waals surface area contributed by atoms with E-state index >= 15 is 0 Å². The monoisotopic (exact) mass is 379 g/mol. The van der Waals surface area contributed by atoms with Gasteiger partial charge in [0.05, 0.1) is 0 Å². The molecule has 1 amide bonds. The van der Waals surface area contributed by atoms with Gasteiger partial charge in [-0.2, -0.15) is 0 Å². The molecule has 0 saturated heterocycles. The Kier molecular flexibility index (Phi) is 6.02. The molecular formula is C23H29N3O2. The highest BCUT2D eigenvalue weighted by molar-refractivity contribution is 5.99. The van der Waals surface area contributed by atoms with Crippen LogP contribution in [0.5, 0.6) is 0 Å². The number of aromatic nitrogens is 1. The molecular weight excluding hydrogens is 350 g/mol. The maximum absolute atomic E-state index is 12.9. The number of pyridine rings is 1. The number of nitrogens with one attached hydrogen (secondary N) is 2. The minimum atomic E-state index is -0.198. The van der Waals surface area contributed by atoms with Gasteiger partial charge in [0, 0.05) is 47.7 Å². The summed E-state index contributed by atoms with van der Waals surface area (Å²) in [4.78, 5) is 30.2. The first-order valence-electron chi connectivity index (χ1n) is 9.88. The van der Waals surface area contributed by atoms with Crippen LogP contribution in [0.25, 0.3) is 6.08 Å². The van der Waals surface area contributed by atoms with Crippen LogP contribution in [0.15, 0.2) is 35.6 Å². The van der Waals surface area contributed by atoms with Crippen LogP contribution in [0.1, 0.15) is 58.4 Å². The number of nitrogens with zero attached hydrogens (tertiary/aromatic N) is 1. The highest BCUT2D eigenvalue weighted by Gasteiger charge is 2.23. The van der Waals surface area contributed by atoms with Gasteiger partial charge < -0.3 is 15.2 Å². The third kappa shape index (κ3) is 4.03. The van der Waals surface area contributed by atoms with E-state index < -0.39 is 0 Å². The molecule has 5 nitrogen and oxygen atoms in total. The van der Waals surface area contributed by atoms with Crippen LogP contribution in [0, 0.1) is 13.8 Å². The van der Waals surface area contributed by atoms with Gasteiger partial charge in [0.25, 0.3) is 11.5 Å². The Bertz CT molecular complexity index is 939. The number of anilines is 1. The van der Waals surface area contributed by atoms with Gasteiger partial charge in [-0.15, -0.1) is 0 Å². The number of carbonyl (C=O) groups is 1. The third-order valence-corrected chi connectivity index (χ3v) is 5.70. The maximum Gasteiger partial charge on any atom is 0.253 e. The summed E-state index contributed by atoms with van der Waals surface area (Å²) in [7, 11) is 2.09. The predicted molar refractivity (Wildman–Crippen MR) is 115 cm³/mol. The molecule has 1 aromatic carbocycles. The molecule has 0 unspecified atom stereocenters. The summed E-state index contributed by atoms with van der Waals surface area (Å²) < 4.78 is 0. The first-order valence-corrected chi connectivity index (χ1v) is 9.88. The molecule has 2 aromatic rings. The van der Waals surface area contributed by atoms with Crippen molar-refractivity contribution in [1.29, 1.82) is 0 Å². The molecule has 1 heterocycles. The van der Waals surface area contributed by atoms with E-state index in [1.54, 1.807) is 6.08 Å².